The zero-order valence-electron chi connectivity index (χ0n) is 18.3. The first kappa shape index (κ1) is 22.2. The zero-order valence-corrected chi connectivity index (χ0v) is 19.1. The van der Waals surface area contributed by atoms with Crippen LogP contribution >= 0.6 is 11.6 Å². The number of benzene rings is 3. The van der Waals surface area contributed by atoms with Gasteiger partial charge in [-0.2, -0.15) is 0 Å². The van der Waals surface area contributed by atoms with Gasteiger partial charge in [-0.1, -0.05) is 54.1 Å². The standard InChI is InChI=1S/C26H27ClN2O3/c1-31-23-16-21(17-24(18-23)32-2)26(30)29-14-12-28(13-15-29)25(19-6-4-3-5-7-19)20-8-10-22(27)11-9-20/h3-11,16-18,25H,12-15H2,1-2H3. The van der Waals surface area contributed by atoms with Gasteiger partial charge in [-0.3, -0.25) is 9.69 Å². The molecule has 0 aromatic heterocycles. The first-order valence-electron chi connectivity index (χ1n) is 10.7. The Morgan fingerprint density at radius 1 is 0.812 bits per heavy atom. The quantitative estimate of drug-likeness (QED) is 0.535. The summed E-state index contributed by atoms with van der Waals surface area (Å²) in [5, 5.41) is 0.727. The summed E-state index contributed by atoms with van der Waals surface area (Å²) in [4.78, 5) is 17.5. The summed E-state index contributed by atoms with van der Waals surface area (Å²) in [6.45, 7) is 2.84. The van der Waals surface area contributed by atoms with Gasteiger partial charge in [0.2, 0.25) is 0 Å². The van der Waals surface area contributed by atoms with Crippen LogP contribution in [0.3, 0.4) is 0 Å². The second kappa shape index (κ2) is 10.1. The van der Waals surface area contributed by atoms with Gasteiger partial charge in [0.15, 0.2) is 0 Å². The number of carbonyl (C=O) groups excluding carboxylic acids is 1. The maximum Gasteiger partial charge on any atom is 0.254 e. The van der Waals surface area contributed by atoms with E-state index >= 15 is 0 Å². The first-order valence-corrected chi connectivity index (χ1v) is 11.0. The van der Waals surface area contributed by atoms with E-state index in [0.29, 0.717) is 30.2 Å². The highest BCUT2D eigenvalue weighted by molar-refractivity contribution is 6.30. The van der Waals surface area contributed by atoms with Gasteiger partial charge in [-0.25, -0.2) is 0 Å². The second-order valence-electron chi connectivity index (χ2n) is 7.79. The summed E-state index contributed by atoms with van der Waals surface area (Å²) >= 11 is 6.13. The van der Waals surface area contributed by atoms with Gasteiger partial charge in [0.05, 0.1) is 20.3 Å². The number of amides is 1. The molecule has 1 fully saturated rings. The minimum atomic E-state index is -0.00963. The summed E-state index contributed by atoms with van der Waals surface area (Å²) in [5.41, 5.74) is 3.00. The summed E-state index contributed by atoms with van der Waals surface area (Å²) in [6, 6.07) is 23.9. The molecule has 32 heavy (non-hydrogen) atoms. The molecular weight excluding hydrogens is 424 g/mol. The Kier molecular flexibility index (Phi) is 6.98. The molecule has 0 spiro atoms. The van der Waals surface area contributed by atoms with E-state index in [2.05, 4.69) is 41.3 Å². The molecule has 1 aliphatic rings. The molecule has 166 valence electrons. The van der Waals surface area contributed by atoms with Crippen molar-refractivity contribution in [3.63, 3.8) is 0 Å². The zero-order chi connectivity index (χ0) is 22.5. The van der Waals surface area contributed by atoms with Crippen LogP contribution in [0.15, 0.2) is 72.8 Å². The molecule has 0 bridgehead atoms. The molecule has 0 N–H and O–H groups in total. The number of halogens is 1. The molecule has 1 unspecified atom stereocenters. The summed E-state index contributed by atoms with van der Waals surface area (Å²) in [6.07, 6.45) is 0. The average Bonchev–Trinajstić information content (AvgIpc) is 2.85. The van der Waals surface area contributed by atoms with E-state index in [1.54, 1.807) is 32.4 Å². The monoisotopic (exact) mass is 450 g/mol. The van der Waals surface area contributed by atoms with Crippen molar-refractivity contribution in [2.24, 2.45) is 0 Å². The normalized spacial score (nSPS) is 15.3. The van der Waals surface area contributed by atoms with Crippen LogP contribution in [-0.4, -0.2) is 56.1 Å². The lowest BCUT2D eigenvalue weighted by molar-refractivity contribution is 0.0596. The van der Waals surface area contributed by atoms with E-state index in [4.69, 9.17) is 21.1 Å². The van der Waals surface area contributed by atoms with Gasteiger partial charge in [0.1, 0.15) is 11.5 Å². The number of nitrogens with zero attached hydrogens (tertiary/aromatic N) is 2. The van der Waals surface area contributed by atoms with E-state index in [-0.39, 0.29) is 11.9 Å². The number of hydrogen-bond acceptors (Lipinski definition) is 4. The molecular formula is C26H27ClN2O3. The lowest BCUT2D eigenvalue weighted by atomic mass is 9.96. The highest BCUT2D eigenvalue weighted by Gasteiger charge is 2.29. The van der Waals surface area contributed by atoms with Crippen LogP contribution in [0.1, 0.15) is 27.5 Å². The van der Waals surface area contributed by atoms with Crippen molar-refractivity contribution in [3.8, 4) is 11.5 Å². The lowest BCUT2D eigenvalue weighted by Gasteiger charge is -2.40. The highest BCUT2D eigenvalue weighted by atomic mass is 35.5. The molecule has 1 saturated heterocycles. The fraction of sp³-hybridized carbons (Fsp3) is 0.269. The van der Waals surface area contributed by atoms with Crippen molar-refractivity contribution in [1.82, 2.24) is 9.80 Å². The maximum atomic E-state index is 13.2. The number of piperazine rings is 1. The second-order valence-corrected chi connectivity index (χ2v) is 8.23. The average molecular weight is 451 g/mol. The van der Waals surface area contributed by atoms with Crippen LogP contribution in [0.2, 0.25) is 5.02 Å². The molecule has 6 heteroatoms. The maximum absolute atomic E-state index is 13.2. The van der Waals surface area contributed by atoms with Gasteiger partial charge >= 0.3 is 0 Å². The predicted octanol–water partition coefficient (Wildman–Crippen LogP) is 4.90. The molecule has 3 aromatic rings. The molecule has 1 amide bonds. The van der Waals surface area contributed by atoms with Crippen molar-refractivity contribution in [1.29, 1.82) is 0 Å². The third kappa shape index (κ3) is 4.90. The molecule has 0 radical (unpaired) electrons. The minimum Gasteiger partial charge on any atom is -0.497 e. The summed E-state index contributed by atoms with van der Waals surface area (Å²) in [5.74, 6) is 1.21. The molecule has 5 nitrogen and oxygen atoms in total. The number of ether oxygens (including phenoxy) is 2. The summed E-state index contributed by atoms with van der Waals surface area (Å²) in [7, 11) is 3.17. The van der Waals surface area contributed by atoms with E-state index < -0.39 is 0 Å². The van der Waals surface area contributed by atoms with Gasteiger partial charge in [0.25, 0.3) is 5.91 Å². The number of carbonyl (C=O) groups is 1. The van der Waals surface area contributed by atoms with E-state index in [1.807, 2.05) is 23.1 Å². The van der Waals surface area contributed by atoms with Gasteiger partial charge < -0.3 is 14.4 Å². The molecule has 3 aromatic carbocycles. The van der Waals surface area contributed by atoms with Gasteiger partial charge in [-0.15, -0.1) is 0 Å². The fourth-order valence-corrected chi connectivity index (χ4v) is 4.32. The molecule has 1 heterocycles. The minimum absolute atomic E-state index is 0.00963. The van der Waals surface area contributed by atoms with Crippen LogP contribution in [0.25, 0.3) is 0 Å². The Bertz CT molecular complexity index is 1030. The Morgan fingerprint density at radius 3 is 1.94 bits per heavy atom. The highest BCUT2D eigenvalue weighted by Crippen LogP contribution is 2.31. The SMILES string of the molecule is COc1cc(OC)cc(C(=O)N2CCN(C(c3ccccc3)c3ccc(Cl)cc3)CC2)c1. The largest absolute Gasteiger partial charge is 0.497 e. The third-order valence-corrected chi connectivity index (χ3v) is 6.12. The summed E-state index contributed by atoms with van der Waals surface area (Å²) < 4.78 is 10.6. The van der Waals surface area contributed by atoms with Crippen molar-refractivity contribution < 1.29 is 14.3 Å². The fourth-order valence-electron chi connectivity index (χ4n) is 4.19. The molecule has 1 aliphatic heterocycles. The smallest absolute Gasteiger partial charge is 0.254 e. The van der Waals surface area contributed by atoms with Gasteiger partial charge in [-0.05, 0) is 35.4 Å². The Hall–Kier alpha value is -3.02. The van der Waals surface area contributed by atoms with E-state index in [0.717, 1.165) is 18.1 Å². The van der Waals surface area contributed by atoms with Crippen molar-refractivity contribution in [2.45, 2.75) is 6.04 Å². The lowest BCUT2D eigenvalue weighted by Crippen LogP contribution is -2.49. The molecule has 0 aliphatic carbocycles. The molecule has 1 atom stereocenters. The van der Waals surface area contributed by atoms with E-state index in [1.165, 1.54) is 11.1 Å². The number of methoxy groups -OCH3 is 2. The van der Waals surface area contributed by atoms with Crippen LogP contribution < -0.4 is 9.47 Å². The van der Waals surface area contributed by atoms with Crippen LogP contribution in [0.4, 0.5) is 0 Å². The topological polar surface area (TPSA) is 42.0 Å². The van der Waals surface area contributed by atoms with Crippen LogP contribution in [-0.2, 0) is 0 Å². The van der Waals surface area contributed by atoms with Crippen LogP contribution in [0, 0.1) is 0 Å². The van der Waals surface area contributed by atoms with E-state index in [9.17, 15) is 4.79 Å². The third-order valence-electron chi connectivity index (χ3n) is 5.87. The molecule has 4 rings (SSSR count). The Morgan fingerprint density at radius 2 is 1.38 bits per heavy atom. The number of rotatable bonds is 6. The van der Waals surface area contributed by atoms with Crippen molar-refractivity contribution in [2.75, 3.05) is 40.4 Å². The predicted molar refractivity (Wildman–Crippen MR) is 127 cm³/mol. The van der Waals surface area contributed by atoms with Crippen molar-refractivity contribution in [3.05, 3.63) is 94.5 Å². The van der Waals surface area contributed by atoms with Crippen molar-refractivity contribution >= 4 is 17.5 Å². The van der Waals surface area contributed by atoms with Gasteiger partial charge in [0, 0.05) is 42.8 Å². The first-order chi connectivity index (χ1) is 15.6. The Labute approximate surface area is 194 Å². The van der Waals surface area contributed by atoms with Crippen LogP contribution in [0.5, 0.6) is 11.5 Å². The Balaban J connectivity index is 1.52. The molecule has 0 saturated carbocycles. The number of hydrogen-bond donors (Lipinski definition) is 0.